The Labute approximate surface area is 97.7 Å². The monoisotopic (exact) mass is 236 g/mol. The lowest BCUT2D eigenvalue weighted by atomic mass is 10.0. The van der Waals surface area contributed by atoms with Crippen LogP contribution in [0.2, 0.25) is 0 Å². The maximum Gasteiger partial charge on any atom is 0.129 e. The summed E-state index contributed by atoms with van der Waals surface area (Å²) in [7, 11) is 0. The largest absolute Gasteiger partial charge is 0.207 e. The van der Waals surface area contributed by atoms with E-state index in [1.165, 1.54) is 12.1 Å². The van der Waals surface area contributed by atoms with Crippen LogP contribution in [-0.4, -0.2) is 0 Å². The van der Waals surface area contributed by atoms with Gasteiger partial charge in [0.2, 0.25) is 0 Å². The number of rotatable bonds is 2. The van der Waals surface area contributed by atoms with Crippen molar-refractivity contribution in [2.75, 3.05) is 0 Å². The minimum absolute atomic E-state index is 0.125. The molecule has 88 valence electrons. The average Bonchev–Trinajstić information content (AvgIpc) is 2.28. The van der Waals surface area contributed by atoms with Crippen molar-refractivity contribution in [2.24, 2.45) is 0 Å². The molecule has 17 heavy (non-hydrogen) atoms. The Balaban J connectivity index is 2.35. The van der Waals surface area contributed by atoms with Gasteiger partial charge in [0.15, 0.2) is 0 Å². The molecule has 2 rings (SSSR count). The molecule has 0 saturated carbocycles. The summed E-state index contributed by atoms with van der Waals surface area (Å²) >= 11 is 0. The normalized spacial score (nSPS) is 10.6. The van der Waals surface area contributed by atoms with Crippen molar-refractivity contribution >= 4 is 0 Å². The molecule has 0 nitrogen and oxygen atoms in total. The highest BCUT2D eigenvalue weighted by Gasteiger charge is 2.09. The van der Waals surface area contributed by atoms with Crippen molar-refractivity contribution in [3.05, 3.63) is 70.5 Å². The van der Waals surface area contributed by atoms with E-state index in [0.717, 1.165) is 6.07 Å². The third-order valence-corrected chi connectivity index (χ3v) is 2.67. The van der Waals surface area contributed by atoms with Crippen molar-refractivity contribution in [1.82, 2.24) is 0 Å². The van der Waals surface area contributed by atoms with E-state index in [-0.39, 0.29) is 17.8 Å². The highest BCUT2D eigenvalue weighted by Crippen LogP contribution is 2.18. The van der Waals surface area contributed by atoms with Crippen LogP contribution in [0.15, 0.2) is 36.4 Å². The molecule has 0 heterocycles. The Bertz CT molecular complexity index is 547. The van der Waals surface area contributed by atoms with E-state index >= 15 is 0 Å². The summed E-state index contributed by atoms with van der Waals surface area (Å²) < 4.78 is 39.8. The lowest BCUT2D eigenvalue weighted by molar-refractivity contribution is 0.570. The van der Waals surface area contributed by atoms with Crippen LogP contribution in [0.1, 0.15) is 16.7 Å². The molecule has 0 fully saturated rings. The van der Waals surface area contributed by atoms with E-state index in [2.05, 4.69) is 0 Å². The topological polar surface area (TPSA) is 0 Å². The third-order valence-electron chi connectivity index (χ3n) is 2.67. The number of hydrogen-bond donors (Lipinski definition) is 0. The zero-order chi connectivity index (χ0) is 12.4. The van der Waals surface area contributed by atoms with Crippen LogP contribution in [0.4, 0.5) is 13.2 Å². The van der Waals surface area contributed by atoms with Crippen molar-refractivity contribution in [3.8, 4) is 0 Å². The van der Waals surface area contributed by atoms with Gasteiger partial charge in [-0.05, 0) is 29.7 Å². The van der Waals surface area contributed by atoms with Gasteiger partial charge in [-0.15, -0.1) is 0 Å². The van der Waals surface area contributed by atoms with E-state index in [4.69, 9.17) is 0 Å². The molecule has 0 aromatic heterocycles. The SMILES string of the molecule is Cc1cccc(Cc2ccc(F)cc2F)c1F. The van der Waals surface area contributed by atoms with Crippen LogP contribution in [0.3, 0.4) is 0 Å². The molecule has 0 N–H and O–H groups in total. The van der Waals surface area contributed by atoms with Crippen LogP contribution < -0.4 is 0 Å². The fourth-order valence-corrected chi connectivity index (χ4v) is 1.71. The van der Waals surface area contributed by atoms with Crippen LogP contribution in [0.5, 0.6) is 0 Å². The van der Waals surface area contributed by atoms with Gasteiger partial charge in [-0.2, -0.15) is 0 Å². The number of benzene rings is 2. The van der Waals surface area contributed by atoms with Gasteiger partial charge in [0.1, 0.15) is 17.5 Å². The second-order valence-electron chi connectivity index (χ2n) is 3.96. The molecule has 0 aliphatic carbocycles. The van der Waals surface area contributed by atoms with E-state index in [1.807, 2.05) is 0 Å². The first-order valence-corrected chi connectivity index (χ1v) is 5.26. The van der Waals surface area contributed by atoms with Crippen molar-refractivity contribution in [3.63, 3.8) is 0 Å². The first kappa shape index (κ1) is 11.7. The number of halogens is 3. The van der Waals surface area contributed by atoms with Gasteiger partial charge in [0, 0.05) is 12.5 Å². The first-order chi connectivity index (χ1) is 8.08. The fourth-order valence-electron chi connectivity index (χ4n) is 1.71. The molecule has 2 aromatic carbocycles. The van der Waals surface area contributed by atoms with Gasteiger partial charge < -0.3 is 0 Å². The van der Waals surface area contributed by atoms with E-state index in [0.29, 0.717) is 11.1 Å². The maximum atomic E-state index is 13.7. The molecule has 2 aromatic rings. The van der Waals surface area contributed by atoms with Gasteiger partial charge in [0.05, 0.1) is 0 Å². The summed E-state index contributed by atoms with van der Waals surface area (Å²) in [5.41, 5.74) is 1.22. The fraction of sp³-hybridized carbons (Fsp3) is 0.143. The van der Waals surface area contributed by atoms with Gasteiger partial charge in [-0.1, -0.05) is 24.3 Å². The van der Waals surface area contributed by atoms with E-state index in [9.17, 15) is 13.2 Å². The standard InChI is InChI=1S/C14H11F3/c1-9-3-2-4-11(14(9)17)7-10-5-6-12(15)8-13(10)16/h2-6,8H,7H2,1H3. The summed E-state index contributed by atoms with van der Waals surface area (Å²) in [6, 6.07) is 8.29. The Morgan fingerprint density at radius 1 is 0.941 bits per heavy atom. The molecule has 0 atom stereocenters. The Morgan fingerprint density at radius 2 is 1.71 bits per heavy atom. The van der Waals surface area contributed by atoms with Crippen molar-refractivity contribution in [2.45, 2.75) is 13.3 Å². The lowest BCUT2D eigenvalue weighted by Crippen LogP contribution is -1.98. The molecule has 0 amide bonds. The Hall–Kier alpha value is -1.77. The van der Waals surface area contributed by atoms with Gasteiger partial charge in [-0.3, -0.25) is 0 Å². The third kappa shape index (κ3) is 2.49. The highest BCUT2D eigenvalue weighted by atomic mass is 19.1. The summed E-state index contributed by atoms with van der Waals surface area (Å²) in [5, 5.41) is 0. The number of aryl methyl sites for hydroxylation is 1. The predicted molar refractivity (Wildman–Crippen MR) is 60.3 cm³/mol. The van der Waals surface area contributed by atoms with Crippen LogP contribution >= 0.6 is 0 Å². The maximum absolute atomic E-state index is 13.7. The number of hydrogen-bond acceptors (Lipinski definition) is 0. The van der Waals surface area contributed by atoms with E-state index < -0.39 is 11.6 Å². The van der Waals surface area contributed by atoms with E-state index in [1.54, 1.807) is 25.1 Å². The molecular formula is C14H11F3. The quantitative estimate of drug-likeness (QED) is 0.739. The average molecular weight is 236 g/mol. The first-order valence-electron chi connectivity index (χ1n) is 5.26. The molecule has 0 spiro atoms. The predicted octanol–water partition coefficient (Wildman–Crippen LogP) is 4.00. The highest BCUT2D eigenvalue weighted by molar-refractivity contribution is 5.31. The van der Waals surface area contributed by atoms with Crippen molar-refractivity contribution in [1.29, 1.82) is 0 Å². The van der Waals surface area contributed by atoms with Crippen molar-refractivity contribution < 1.29 is 13.2 Å². The molecule has 0 bridgehead atoms. The smallest absolute Gasteiger partial charge is 0.129 e. The molecule has 0 saturated heterocycles. The summed E-state index contributed by atoms with van der Waals surface area (Å²) in [6.45, 7) is 1.65. The molecule has 0 unspecified atom stereocenters. The van der Waals surface area contributed by atoms with Crippen LogP contribution in [0.25, 0.3) is 0 Å². The second-order valence-corrected chi connectivity index (χ2v) is 3.96. The Kier molecular flexibility index (Phi) is 3.18. The van der Waals surface area contributed by atoms with Crippen LogP contribution in [0, 0.1) is 24.4 Å². The lowest BCUT2D eigenvalue weighted by Gasteiger charge is -2.06. The molecule has 3 heteroatoms. The van der Waals surface area contributed by atoms with Gasteiger partial charge >= 0.3 is 0 Å². The van der Waals surface area contributed by atoms with Gasteiger partial charge in [-0.25, -0.2) is 13.2 Å². The molecule has 0 radical (unpaired) electrons. The molecule has 0 aliphatic heterocycles. The van der Waals surface area contributed by atoms with Gasteiger partial charge in [0.25, 0.3) is 0 Å². The molecule has 0 aliphatic rings. The molecular weight excluding hydrogens is 225 g/mol. The van der Waals surface area contributed by atoms with Crippen LogP contribution in [-0.2, 0) is 6.42 Å². The summed E-state index contributed by atoms with van der Waals surface area (Å²) in [5.74, 6) is -1.61. The summed E-state index contributed by atoms with van der Waals surface area (Å²) in [4.78, 5) is 0. The zero-order valence-electron chi connectivity index (χ0n) is 9.31. The second kappa shape index (κ2) is 4.62. The minimum Gasteiger partial charge on any atom is -0.207 e. The zero-order valence-corrected chi connectivity index (χ0v) is 9.31. The minimum atomic E-state index is -0.647. The summed E-state index contributed by atoms with van der Waals surface area (Å²) in [6.07, 6.45) is 0.125. The Morgan fingerprint density at radius 3 is 2.41 bits per heavy atom.